The fraction of sp³-hybridized carbons (Fsp3) is 0.105. The SMILES string of the molecule is CCc1cc(-c2[nH]nc(S)c2-c2cccc3c2OC=CO3)c(O)cc1O. The molecule has 0 bridgehead atoms. The Morgan fingerprint density at radius 2 is 1.88 bits per heavy atom. The molecular weight excluding hydrogens is 352 g/mol. The molecule has 0 spiro atoms. The van der Waals surface area contributed by atoms with Crippen LogP contribution in [-0.2, 0) is 6.42 Å². The first-order valence-electron chi connectivity index (χ1n) is 8.04. The van der Waals surface area contributed by atoms with Crippen molar-refractivity contribution in [1.82, 2.24) is 10.2 Å². The first-order valence-corrected chi connectivity index (χ1v) is 8.49. The van der Waals surface area contributed by atoms with Crippen molar-refractivity contribution in [2.24, 2.45) is 0 Å². The summed E-state index contributed by atoms with van der Waals surface area (Å²) >= 11 is 4.46. The standard InChI is InChI=1S/C19H16N2O4S/c1-2-10-8-12(14(23)9-13(10)22)17-16(19(26)21-20-17)11-4-3-5-15-18(11)25-7-6-24-15/h3-9,22-23H,2H2,1H3,(H2,20,21,26). The van der Waals surface area contributed by atoms with E-state index >= 15 is 0 Å². The number of hydrogen-bond donors (Lipinski definition) is 4. The van der Waals surface area contributed by atoms with Crippen LogP contribution in [0.3, 0.4) is 0 Å². The second kappa shape index (κ2) is 6.34. The van der Waals surface area contributed by atoms with E-state index in [0.29, 0.717) is 39.8 Å². The molecule has 0 aliphatic carbocycles. The van der Waals surface area contributed by atoms with Crippen LogP contribution in [0.1, 0.15) is 12.5 Å². The van der Waals surface area contributed by atoms with Gasteiger partial charge in [-0.3, -0.25) is 5.10 Å². The van der Waals surface area contributed by atoms with Gasteiger partial charge in [0.05, 0.1) is 5.69 Å². The number of para-hydroxylation sites is 1. The van der Waals surface area contributed by atoms with E-state index in [4.69, 9.17) is 9.47 Å². The zero-order chi connectivity index (χ0) is 18.3. The minimum Gasteiger partial charge on any atom is -0.508 e. The third-order valence-electron chi connectivity index (χ3n) is 4.28. The fourth-order valence-electron chi connectivity index (χ4n) is 3.01. The summed E-state index contributed by atoms with van der Waals surface area (Å²) < 4.78 is 11.1. The summed E-state index contributed by atoms with van der Waals surface area (Å²) in [5.41, 5.74) is 3.22. The van der Waals surface area contributed by atoms with E-state index in [1.807, 2.05) is 19.1 Å². The maximum atomic E-state index is 10.4. The molecule has 0 unspecified atom stereocenters. The van der Waals surface area contributed by atoms with Gasteiger partial charge < -0.3 is 19.7 Å². The molecular formula is C19H16N2O4S. The largest absolute Gasteiger partial charge is 0.508 e. The number of aromatic nitrogens is 2. The summed E-state index contributed by atoms with van der Waals surface area (Å²) in [7, 11) is 0. The molecule has 2 heterocycles. The van der Waals surface area contributed by atoms with Gasteiger partial charge in [-0.15, -0.1) is 12.6 Å². The van der Waals surface area contributed by atoms with E-state index in [1.54, 1.807) is 12.1 Å². The minimum atomic E-state index is -0.0557. The third kappa shape index (κ3) is 2.57. The predicted octanol–water partition coefficient (Wildman–Crippen LogP) is 4.25. The molecule has 0 amide bonds. The summed E-state index contributed by atoms with van der Waals surface area (Å²) in [6, 6.07) is 8.58. The zero-order valence-electron chi connectivity index (χ0n) is 13.9. The summed E-state index contributed by atoms with van der Waals surface area (Å²) in [6.07, 6.45) is 3.54. The lowest BCUT2D eigenvalue weighted by molar-refractivity contribution is 0.363. The Morgan fingerprint density at radius 3 is 2.69 bits per heavy atom. The number of phenols is 2. The third-order valence-corrected chi connectivity index (χ3v) is 4.60. The number of nitrogens with one attached hydrogen (secondary N) is 1. The van der Waals surface area contributed by atoms with Gasteiger partial charge in [-0.1, -0.05) is 19.1 Å². The number of thiol groups is 1. The van der Waals surface area contributed by atoms with Crippen LogP contribution in [0.5, 0.6) is 23.0 Å². The molecule has 0 saturated carbocycles. The van der Waals surface area contributed by atoms with Gasteiger partial charge in [0.25, 0.3) is 0 Å². The van der Waals surface area contributed by atoms with Gasteiger partial charge in [-0.25, -0.2) is 0 Å². The molecule has 1 aliphatic rings. The van der Waals surface area contributed by atoms with Crippen LogP contribution in [-0.4, -0.2) is 20.4 Å². The van der Waals surface area contributed by atoms with Crippen LogP contribution >= 0.6 is 12.6 Å². The van der Waals surface area contributed by atoms with Crippen LogP contribution in [0.15, 0.2) is 47.9 Å². The van der Waals surface area contributed by atoms with E-state index in [1.165, 1.54) is 18.6 Å². The highest BCUT2D eigenvalue weighted by Crippen LogP contribution is 2.47. The van der Waals surface area contributed by atoms with Crippen molar-refractivity contribution < 1.29 is 19.7 Å². The molecule has 7 heteroatoms. The fourth-order valence-corrected chi connectivity index (χ4v) is 3.29. The van der Waals surface area contributed by atoms with E-state index in [-0.39, 0.29) is 11.5 Å². The topological polar surface area (TPSA) is 87.6 Å². The van der Waals surface area contributed by atoms with Gasteiger partial charge in [0.2, 0.25) is 0 Å². The molecule has 1 aliphatic heterocycles. The molecule has 0 atom stereocenters. The summed E-state index contributed by atoms with van der Waals surface area (Å²) in [6.45, 7) is 1.93. The minimum absolute atomic E-state index is 0.0554. The highest BCUT2D eigenvalue weighted by Gasteiger charge is 2.24. The van der Waals surface area contributed by atoms with E-state index in [9.17, 15) is 10.2 Å². The first kappa shape index (κ1) is 16.4. The molecule has 3 N–H and O–H groups in total. The van der Waals surface area contributed by atoms with Gasteiger partial charge >= 0.3 is 0 Å². The lowest BCUT2D eigenvalue weighted by Crippen LogP contribution is -1.98. The number of benzene rings is 2. The van der Waals surface area contributed by atoms with Crippen molar-refractivity contribution in [3.63, 3.8) is 0 Å². The van der Waals surface area contributed by atoms with Crippen molar-refractivity contribution in [1.29, 1.82) is 0 Å². The van der Waals surface area contributed by atoms with Gasteiger partial charge in [-0.05, 0) is 24.1 Å². The molecule has 6 nitrogen and oxygen atoms in total. The maximum absolute atomic E-state index is 10.4. The molecule has 2 aromatic carbocycles. The number of H-pyrrole nitrogens is 1. The Kier molecular flexibility index (Phi) is 4.00. The lowest BCUT2D eigenvalue weighted by Gasteiger charge is -2.17. The molecule has 0 fully saturated rings. The molecule has 1 aromatic heterocycles. The van der Waals surface area contributed by atoms with Crippen molar-refractivity contribution in [2.45, 2.75) is 18.4 Å². The van der Waals surface area contributed by atoms with Gasteiger partial charge in [0.15, 0.2) is 11.5 Å². The van der Waals surface area contributed by atoms with Crippen molar-refractivity contribution in [3.8, 4) is 45.4 Å². The Balaban J connectivity index is 1.94. The number of aromatic amines is 1. The Bertz CT molecular complexity index is 1030. The van der Waals surface area contributed by atoms with Gasteiger partial charge in [0.1, 0.15) is 29.0 Å². The van der Waals surface area contributed by atoms with E-state index in [2.05, 4.69) is 22.8 Å². The second-order valence-corrected chi connectivity index (χ2v) is 6.21. The monoisotopic (exact) mass is 368 g/mol. The zero-order valence-corrected chi connectivity index (χ0v) is 14.7. The molecule has 0 radical (unpaired) electrons. The summed E-state index contributed by atoms with van der Waals surface area (Å²) in [5, 5.41) is 27.9. The molecule has 132 valence electrons. The second-order valence-electron chi connectivity index (χ2n) is 5.79. The van der Waals surface area contributed by atoms with Crippen LogP contribution < -0.4 is 9.47 Å². The Morgan fingerprint density at radius 1 is 1.08 bits per heavy atom. The maximum Gasteiger partial charge on any atom is 0.177 e. The number of nitrogens with zero attached hydrogens (tertiary/aromatic N) is 1. The number of hydrogen-bond acceptors (Lipinski definition) is 6. The van der Waals surface area contributed by atoms with Crippen LogP contribution in [0, 0.1) is 0 Å². The number of fused-ring (bicyclic) bond motifs is 1. The number of ether oxygens (including phenoxy) is 2. The smallest absolute Gasteiger partial charge is 0.177 e. The average molecular weight is 368 g/mol. The summed E-state index contributed by atoms with van der Waals surface area (Å²) in [5.74, 6) is 1.12. The van der Waals surface area contributed by atoms with Crippen molar-refractivity contribution in [3.05, 3.63) is 48.4 Å². The quantitative estimate of drug-likeness (QED) is 0.519. The van der Waals surface area contributed by atoms with Crippen LogP contribution in [0.2, 0.25) is 0 Å². The van der Waals surface area contributed by atoms with Crippen LogP contribution in [0.25, 0.3) is 22.4 Å². The molecule has 0 saturated heterocycles. The van der Waals surface area contributed by atoms with E-state index in [0.717, 1.165) is 11.1 Å². The van der Waals surface area contributed by atoms with Gasteiger partial charge in [-0.2, -0.15) is 5.10 Å². The number of aromatic hydroxyl groups is 2. The van der Waals surface area contributed by atoms with Gasteiger partial charge in [0, 0.05) is 22.8 Å². The van der Waals surface area contributed by atoms with E-state index < -0.39 is 0 Å². The highest BCUT2D eigenvalue weighted by atomic mass is 32.1. The number of rotatable bonds is 3. The average Bonchev–Trinajstić information content (AvgIpc) is 3.02. The molecule has 4 rings (SSSR count). The summed E-state index contributed by atoms with van der Waals surface area (Å²) in [4.78, 5) is 0. The molecule has 26 heavy (non-hydrogen) atoms. The van der Waals surface area contributed by atoms with Crippen molar-refractivity contribution in [2.75, 3.05) is 0 Å². The Hall–Kier alpha value is -3.06. The predicted molar refractivity (Wildman–Crippen MR) is 99.8 cm³/mol. The molecule has 3 aromatic rings. The number of phenolic OH excluding ortho intramolecular Hbond substituents is 2. The normalized spacial score (nSPS) is 12.4. The first-order chi connectivity index (χ1) is 12.6. The lowest BCUT2D eigenvalue weighted by atomic mass is 9.97. The number of aryl methyl sites for hydroxylation is 1. The van der Waals surface area contributed by atoms with Crippen molar-refractivity contribution >= 4 is 12.6 Å². The highest BCUT2D eigenvalue weighted by molar-refractivity contribution is 7.80. The van der Waals surface area contributed by atoms with Crippen LogP contribution in [0.4, 0.5) is 0 Å². The Labute approximate surface area is 155 Å².